The van der Waals surface area contributed by atoms with E-state index in [1.807, 2.05) is 11.2 Å². The minimum atomic E-state index is -0.901. The van der Waals surface area contributed by atoms with Crippen molar-refractivity contribution in [1.29, 1.82) is 0 Å². The first kappa shape index (κ1) is 10.7. The van der Waals surface area contributed by atoms with Gasteiger partial charge in [0, 0.05) is 18.8 Å². The van der Waals surface area contributed by atoms with E-state index < -0.39 is 17.0 Å². The van der Waals surface area contributed by atoms with E-state index in [-0.39, 0.29) is 5.92 Å². The quantitative estimate of drug-likeness (QED) is 0.728. The normalized spacial score (nSPS) is 22.8. The number of aliphatic carboxylic acids is 1. The van der Waals surface area contributed by atoms with Crippen LogP contribution >= 0.6 is 0 Å². The fraction of sp³-hybridized carbons (Fsp3) is 0.875. The lowest BCUT2D eigenvalue weighted by molar-refractivity contribution is -0.142. The van der Waals surface area contributed by atoms with Crippen LogP contribution in [0.25, 0.3) is 0 Å². The van der Waals surface area contributed by atoms with Crippen molar-refractivity contribution < 1.29 is 14.1 Å². The van der Waals surface area contributed by atoms with Gasteiger partial charge in [0.2, 0.25) is 0 Å². The van der Waals surface area contributed by atoms with Crippen molar-refractivity contribution in [2.45, 2.75) is 19.8 Å². The maximum absolute atomic E-state index is 11.3. The molecule has 4 nitrogen and oxygen atoms in total. The second-order valence-corrected chi connectivity index (χ2v) is 4.89. The maximum atomic E-state index is 11.3. The van der Waals surface area contributed by atoms with Crippen molar-refractivity contribution in [3.63, 3.8) is 0 Å². The number of carbonyl (C=O) groups is 1. The smallest absolute Gasteiger partial charge is 0.306 e. The van der Waals surface area contributed by atoms with E-state index in [4.69, 9.17) is 5.11 Å². The lowest BCUT2D eigenvalue weighted by Gasteiger charge is -2.28. The molecule has 0 aromatic heterocycles. The summed E-state index contributed by atoms with van der Waals surface area (Å²) in [6, 6.07) is 0. The average molecular weight is 205 g/mol. The Labute approximate surface area is 80.5 Å². The lowest BCUT2D eigenvalue weighted by Crippen LogP contribution is -2.37. The SMILES string of the molecule is CCS(=O)N1CCC(C(=O)O)CC1. The Hall–Kier alpha value is -0.420. The number of piperidine rings is 1. The van der Waals surface area contributed by atoms with Gasteiger partial charge in [0.25, 0.3) is 0 Å². The molecule has 5 heteroatoms. The van der Waals surface area contributed by atoms with Gasteiger partial charge in [0.1, 0.15) is 0 Å². The summed E-state index contributed by atoms with van der Waals surface area (Å²) in [5, 5.41) is 8.73. The van der Waals surface area contributed by atoms with Crippen LogP contribution in [0.4, 0.5) is 0 Å². The summed E-state index contributed by atoms with van der Waals surface area (Å²) >= 11 is 0. The van der Waals surface area contributed by atoms with Crippen LogP contribution in [0.5, 0.6) is 0 Å². The molecule has 0 bridgehead atoms. The van der Waals surface area contributed by atoms with Crippen molar-refractivity contribution in [3.8, 4) is 0 Å². The van der Waals surface area contributed by atoms with Crippen molar-refractivity contribution in [1.82, 2.24) is 4.31 Å². The third-order valence-corrected chi connectivity index (χ3v) is 3.77. The molecule has 1 aliphatic rings. The van der Waals surface area contributed by atoms with E-state index in [2.05, 4.69) is 0 Å². The molecule has 1 aliphatic heterocycles. The van der Waals surface area contributed by atoms with Crippen LogP contribution in [0.1, 0.15) is 19.8 Å². The molecule has 1 N–H and O–H groups in total. The topological polar surface area (TPSA) is 57.6 Å². The molecule has 0 radical (unpaired) electrons. The van der Waals surface area contributed by atoms with E-state index >= 15 is 0 Å². The molecule has 1 heterocycles. The number of hydrogen-bond donors (Lipinski definition) is 1. The van der Waals surface area contributed by atoms with Gasteiger partial charge in [-0.1, -0.05) is 6.92 Å². The summed E-state index contributed by atoms with van der Waals surface area (Å²) in [5.74, 6) is -0.329. The summed E-state index contributed by atoms with van der Waals surface area (Å²) in [6.45, 7) is 3.17. The van der Waals surface area contributed by atoms with E-state index in [0.717, 1.165) is 0 Å². The summed E-state index contributed by atoms with van der Waals surface area (Å²) in [6.07, 6.45) is 1.25. The first-order valence-corrected chi connectivity index (χ1v) is 5.79. The van der Waals surface area contributed by atoms with E-state index in [0.29, 0.717) is 31.7 Å². The largest absolute Gasteiger partial charge is 0.481 e. The Morgan fingerprint density at radius 1 is 1.54 bits per heavy atom. The predicted octanol–water partition coefficient (Wildman–Crippen LogP) is 0.467. The van der Waals surface area contributed by atoms with Gasteiger partial charge >= 0.3 is 5.97 Å². The molecule has 0 aliphatic carbocycles. The predicted molar refractivity (Wildman–Crippen MR) is 50.6 cm³/mol. The zero-order valence-electron chi connectivity index (χ0n) is 7.73. The molecule has 0 amide bonds. The maximum Gasteiger partial charge on any atom is 0.306 e. The van der Waals surface area contributed by atoms with Gasteiger partial charge in [-0.2, -0.15) is 0 Å². The number of carboxylic acid groups (broad SMARTS) is 1. The fourth-order valence-corrected chi connectivity index (χ4v) is 2.47. The molecule has 76 valence electrons. The highest BCUT2D eigenvalue weighted by Crippen LogP contribution is 2.18. The molecule has 0 aromatic carbocycles. The second-order valence-electron chi connectivity index (χ2n) is 3.15. The van der Waals surface area contributed by atoms with Crippen LogP contribution in [0.2, 0.25) is 0 Å². The van der Waals surface area contributed by atoms with Crippen molar-refractivity contribution in [2.75, 3.05) is 18.8 Å². The molecule has 0 saturated carbocycles. The summed E-state index contributed by atoms with van der Waals surface area (Å²) in [4.78, 5) is 10.6. The van der Waals surface area contributed by atoms with E-state index in [1.54, 1.807) is 0 Å². The van der Waals surface area contributed by atoms with E-state index in [9.17, 15) is 9.00 Å². The number of nitrogens with zero attached hydrogens (tertiary/aromatic N) is 1. The van der Waals surface area contributed by atoms with Gasteiger partial charge in [-0.25, -0.2) is 8.51 Å². The summed E-state index contributed by atoms with van der Waals surface area (Å²) in [7, 11) is -0.901. The highest BCUT2D eigenvalue weighted by Gasteiger charge is 2.26. The Morgan fingerprint density at radius 2 is 2.08 bits per heavy atom. The summed E-state index contributed by atoms with van der Waals surface area (Å²) < 4.78 is 13.2. The Kier molecular flexibility index (Phi) is 3.87. The molecule has 1 atom stereocenters. The second kappa shape index (κ2) is 4.72. The zero-order valence-corrected chi connectivity index (χ0v) is 8.55. The van der Waals surface area contributed by atoms with Gasteiger partial charge in [-0.15, -0.1) is 0 Å². The van der Waals surface area contributed by atoms with Crippen LogP contribution in [-0.2, 0) is 15.8 Å². The first-order chi connectivity index (χ1) is 6.15. The molecule has 0 spiro atoms. The number of hydrogen-bond acceptors (Lipinski definition) is 2. The van der Waals surface area contributed by atoms with Crippen molar-refractivity contribution in [2.24, 2.45) is 5.92 Å². The summed E-state index contributed by atoms with van der Waals surface area (Å²) in [5.41, 5.74) is 0. The third kappa shape index (κ3) is 2.77. The Balaban J connectivity index is 2.39. The van der Waals surface area contributed by atoms with Gasteiger partial charge in [-0.3, -0.25) is 4.79 Å². The molecule has 1 fully saturated rings. The Morgan fingerprint density at radius 3 is 2.46 bits per heavy atom. The first-order valence-electron chi connectivity index (χ1n) is 4.51. The van der Waals surface area contributed by atoms with Crippen molar-refractivity contribution in [3.05, 3.63) is 0 Å². The monoisotopic (exact) mass is 205 g/mol. The highest BCUT2D eigenvalue weighted by molar-refractivity contribution is 7.82. The van der Waals surface area contributed by atoms with Gasteiger partial charge in [-0.05, 0) is 12.8 Å². The van der Waals surface area contributed by atoms with Gasteiger partial charge in [0.05, 0.1) is 16.9 Å². The molecule has 1 saturated heterocycles. The molecule has 13 heavy (non-hydrogen) atoms. The number of rotatable bonds is 3. The minimum Gasteiger partial charge on any atom is -0.481 e. The molecular formula is C8H15NO3S. The van der Waals surface area contributed by atoms with Crippen LogP contribution in [0.15, 0.2) is 0 Å². The van der Waals surface area contributed by atoms with Crippen LogP contribution in [-0.4, -0.2) is 38.4 Å². The average Bonchev–Trinajstić information content (AvgIpc) is 2.17. The lowest BCUT2D eigenvalue weighted by atomic mass is 9.99. The van der Waals surface area contributed by atoms with Gasteiger partial charge in [0.15, 0.2) is 0 Å². The molecule has 1 unspecified atom stereocenters. The fourth-order valence-electron chi connectivity index (χ4n) is 1.49. The Bertz CT molecular complexity index is 211. The third-order valence-electron chi connectivity index (χ3n) is 2.34. The van der Waals surface area contributed by atoms with Crippen LogP contribution in [0.3, 0.4) is 0 Å². The molecular weight excluding hydrogens is 190 g/mol. The highest BCUT2D eigenvalue weighted by atomic mass is 32.2. The minimum absolute atomic E-state index is 0.231. The van der Waals surface area contributed by atoms with Crippen LogP contribution < -0.4 is 0 Å². The number of carboxylic acids is 1. The molecule has 0 aromatic rings. The van der Waals surface area contributed by atoms with Crippen LogP contribution in [0, 0.1) is 5.92 Å². The van der Waals surface area contributed by atoms with Crippen molar-refractivity contribution >= 4 is 17.0 Å². The zero-order chi connectivity index (χ0) is 9.84. The molecule has 1 rings (SSSR count). The standard InChI is InChI=1S/C8H15NO3S/c1-2-13(12)9-5-3-7(4-6-9)8(10)11/h7H,2-6H2,1H3,(H,10,11). The van der Waals surface area contributed by atoms with E-state index in [1.165, 1.54) is 0 Å². The van der Waals surface area contributed by atoms with Gasteiger partial charge < -0.3 is 5.11 Å².